The van der Waals surface area contributed by atoms with Crippen molar-refractivity contribution >= 4 is 51.1 Å². The van der Waals surface area contributed by atoms with E-state index in [1.165, 1.54) is 35.2 Å². The van der Waals surface area contributed by atoms with Gasteiger partial charge in [-0.05, 0) is 23.4 Å². The molecule has 0 saturated carbocycles. The van der Waals surface area contributed by atoms with E-state index >= 15 is 0 Å². The predicted octanol–water partition coefficient (Wildman–Crippen LogP) is 2.94. The predicted molar refractivity (Wildman–Crippen MR) is 86.0 cm³/mol. The molecule has 0 bridgehead atoms. The third-order valence-electron chi connectivity index (χ3n) is 2.65. The zero-order valence-electron chi connectivity index (χ0n) is 10.9. The molecule has 1 aromatic carbocycles. The second-order valence-corrected chi connectivity index (χ2v) is 6.05. The topological polar surface area (TPSA) is 97.5 Å². The van der Waals surface area contributed by atoms with Crippen LogP contribution in [0.3, 0.4) is 0 Å². The highest BCUT2D eigenvalue weighted by molar-refractivity contribution is 8.18. The third-order valence-corrected chi connectivity index (χ3v) is 4.22. The Morgan fingerprint density at radius 1 is 1.41 bits per heavy atom. The van der Waals surface area contributed by atoms with Gasteiger partial charge in [0.2, 0.25) is 5.13 Å². The monoisotopic (exact) mass is 332 g/mol. The third kappa shape index (κ3) is 3.21. The smallest absolute Gasteiger partial charge is 0.270 e. The van der Waals surface area contributed by atoms with Crippen molar-refractivity contribution in [2.45, 2.75) is 0 Å². The Hall–Kier alpha value is -2.52. The number of carbonyl (C=O) groups excluding carboxylic acids is 1. The number of hydrogen-bond donors (Lipinski definition) is 1. The first kappa shape index (κ1) is 14.4. The van der Waals surface area contributed by atoms with Gasteiger partial charge in [0, 0.05) is 23.7 Å². The largest absolute Gasteiger partial charge is 0.300 e. The number of non-ortho nitro benzene ring substituents is 1. The summed E-state index contributed by atoms with van der Waals surface area (Å²) in [5.74, 6) is -0.285. The van der Waals surface area contributed by atoms with E-state index in [4.69, 9.17) is 0 Å². The molecule has 7 nitrogen and oxygen atoms in total. The van der Waals surface area contributed by atoms with Gasteiger partial charge >= 0.3 is 0 Å². The quantitative estimate of drug-likeness (QED) is 0.529. The first-order valence-electron chi connectivity index (χ1n) is 6.05. The number of amidine groups is 1. The summed E-state index contributed by atoms with van der Waals surface area (Å²) in [5.41, 5.74) is 0.566. The van der Waals surface area contributed by atoms with Crippen molar-refractivity contribution in [2.75, 3.05) is 0 Å². The van der Waals surface area contributed by atoms with E-state index in [0.29, 0.717) is 20.8 Å². The number of aromatic nitrogens is 1. The fourth-order valence-electron chi connectivity index (χ4n) is 1.72. The Morgan fingerprint density at radius 2 is 2.27 bits per heavy atom. The number of carbonyl (C=O) groups is 1. The van der Waals surface area contributed by atoms with Crippen LogP contribution >= 0.6 is 23.1 Å². The Labute approximate surface area is 132 Å². The minimum absolute atomic E-state index is 0.0190. The Morgan fingerprint density at radius 3 is 3.00 bits per heavy atom. The summed E-state index contributed by atoms with van der Waals surface area (Å²) in [5, 5.41) is 16.2. The molecule has 1 aliphatic rings. The van der Waals surface area contributed by atoms with Crippen molar-refractivity contribution in [1.82, 2.24) is 10.3 Å². The van der Waals surface area contributed by atoms with Gasteiger partial charge in [0.25, 0.3) is 11.6 Å². The van der Waals surface area contributed by atoms with Crippen LogP contribution in [0.25, 0.3) is 6.08 Å². The highest BCUT2D eigenvalue weighted by atomic mass is 32.2. The highest BCUT2D eigenvalue weighted by Gasteiger charge is 2.24. The number of nitro groups is 1. The number of nitro benzene ring substituents is 1. The van der Waals surface area contributed by atoms with E-state index in [2.05, 4.69) is 15.3 Å². The first-order valence-corrected chi connectivity index (χ1v) is 7.75. The Balaban J connectivity index is 1.84. The summed E-state index contributed by atoms with van der Waals surface area (Å²) in [6, 6.07) is 6.09. The molecule has 1 fully saturated rings. The lowest BCUT2D eigenvalue weighted by molar-refractivity contribution is -0.384. The first-order chi connectivity index (χ1) is 10.6. The molecule has 22 heavy (non-hydrogen) atoms. The van der Waals surface area contributed by atoms with Gasteiger partial charge in [-0.25, -0.2) is 4.98 Å². The minimum atomic E-state index is -0.473. The molecule has 2 aromatic rings. The van der Waals surface area contributed by atoms with Crippen molar-refractivity contribution < 1.29 is 9.72 Å². The molecule has 9 heteroatoms. The van der Waals surface area contributed by atoms with Crippen molar-refractivity contribution in [1.29, 1.82) is 0 Å². The number of benzene rings is 1. The van der Waals surface area contributed by atoms with Gasteiger partial charge in [-0.1, -0.05) is 12.1 Å². The molecular weight excluding hydrogens is 324 g/mol. The van der Waals surface area contributed by atoms with Crippen LogP contribution in [0, 0.1) is 10.1 Å². The van der Waals surface area contributed by atoms with Gasteiger partial charge in [-0.15, -0.1) is 11.3 Å². The molecule has 0 aliphatic carbocycles. The van der Waals surface area contributed by atoms with Crippen LogP contribution < -0.4 is 5.32 Å². The summed E-state index contributed by atoms with van der Waals surface area (Å²) in [6.07, 6.45) is 3.22. The normalized spacial score (nSPS) is 17.9. The molecule has 0 radical (unpaired) electrons. The van der Waals surface area contributed by atoms with Crippen LogP contribution in [-0.2, 0) is 4.79 Å². The zero-order chi connectivity index (χ0) is 15.5. The maximum Gasteiger partial charge on any atom is 0.270 e. The second-order valence-electron chi connectivity index (χ2n) is 4.15. The lowest BCUT2D eigenvalue weighted by Crippen LogP contribution is -2.19. The summed E-state index contributed by atoms with van der Waals surface area (Å²) in [6.45, 7) is 0. The van der Waals surface area contributed by atoms with Gasteiger partial charge < -0.3 is 5.32 Å². The van der Waals surface area contributed by atoms with Crippen LogP contribution in [0.2, 0.25) is 0 Å². The van der Waals surface area contributed by atoms with Gasteiger partial charge in [-0.2, -0.15) is 4.99 Å². The lowest BCUT2D eigenvalue weighted by atomic mass is 10.2. The van der Waals surface area contributed by atoms with Crippen molar-refractivity contribution in [3.05, 3.63) is 56.4 Å². The summed E-state index contributed by atoms with van der Waals surface area (Å²) < 4.78 is 0. The average molecular weight is 332 g/mol. The highest BCUT2D eigenvalue weighted by Crippen LogP contribution is 2.29. The van der Waals surface area contributed by atoms with Gasteiger partial charge in [0.05, 0.1) is 9.83 Å². The minimum Gasteiger partial charge on any atom is -0.300 e. The van der Waals surface area contributed by atoms with E-state index in [0.717, 1.165) is 0 Å². The fraction of sp³-hybridized carbons (Fsp3) is 0. The molecule has 110 valence electrons. The van der Waals surface area contributed by atoms with E-state index < -0.39 is 4.92 Å². The molecule has 3 rings (SSSR count). The number of amides is 1. The number of aliphatic imine (C=N–C) groups is 1. The summed E-state index contributed by atoms with van der Waals surface area (Å²) in [4.78, 5) is 30.8. The molecule has 0 spiro atoms. The van der Waals surface area contributed by atoms with Crippen molar-refractivity contribution in [2.24, 2.45) is 4.99 Å². The number of hydrogen-bond acceptors (Lipinski definition) is 7. The number of thiazole rings is 1. The summed E-state index contributed by atoms with van der Waals surface area (Å²) in [7, 11) is 0. The Kier molecular flexibility index (Phi) is 3.98. The molecule has 1 amide bonds. The molecule has 2 heterocycles. The van der Waals surface area contributed by atoms with Crippen LogP contribution in [0.5, 0.6) is 0 Å². The van der Waals surface area contributed by atoms with Crippen LogP contribution in [0.15, 0.2) is 45.7 Å². The van der Waals surface area contributed by atoms with Crippen LogP contribution in [-0.4, -0.2) is 21.0 Å². The average Bonchev–Trinajstić information content (AvgIpc) is 3.10. The molecule has 1 saturated heterocycles. The standard InChI is InChI=1S/C13H8N4O3S2/c18-11-10(7-8-2-1-3-9(6-8)17(19)20)22-13(15-11)16-12-14-4-5-21-12/h1-7H,(H,14,15,16,18)/b10-7+. The number of nitrogens with zero attached hydrogens (tertiary/aromatic N) is 3. The van der Waals surface area contributed by atoms with Crippen molar-refractivity contribution in [3.63, 3.8) is 0 Å². The molecule has 1 aromatic heterocycles. The summed E-state index contributed by atoms with van der Waals surface area (Å²) >= 11 is 2.54. The number of rotatable bonds is 3. The molecule has 1 aliphatic heterocycles. The molecule has 1 N–H and O–H groups in total. The van der Waals surface area contributed by atoms with Crippen LogP contribution in [0.4, 0.5) is 10.8 Å². The van der Waals surface area contributed by atoms with Gasteiger partial charge in [0.15, 0.2) is 5.17 Å². The van der Waals surface area contributed by atoms with E-state index in [-0.39, 0.29) is 11.6 Å². The second kappa shape index (κ2) is 6.08. The molecular formula is C13H8N4O3S2. The van der Waals surface area contributed by atoms with Gasteiger partial charge in [0.1, 0.15) is 0 Å². The number of nitrogens with one attached hydrogen (secondary N) is 1. The SMILES string of the molecule is O=C1NC(=Nc2nccs2)S/C1=C/c1cccc([N+](=O)[O-])c1. The van der Waals surface area contributed by atoms with E-state index in [9.17, 15) is 14.9 Å². The maximum absolute atomic E-state index is 11.9. The fourth-order valence-corrected chi connectivity index (χ4v) is 3.11. The maximum atomic E-state index is 11.9. The Bertz CT molecular complexity index is 799. The molecule has 0 atom stereocenters. The molecule has 0 unspecified atom stereocenters. The lowest BCUT2D eigenvalue weighted by Gasteiger charge is -1.95. The van der Waals surface area contributed by atoms with Gasteiger partial charge in [-0.3, -0.25) is 14.9 Å². The van der Waals surface area contributed by atoms with E-state index in [1.807, 2.05) is 0 Å². The van der Waals surface area contributed by atoms with Crippen LogP contribution in [0.1, 0.15) is 5.56 Å². The number of thioether (sulfide) groups is 1. The zero-order valence-corrected chi connectivity index (χ0v) is 12.6. The van der Waals surface area contributed by atoms with E-state index in [1.54, 1.807) is 29.8 Å². The van der Waals surface area contributed by atoms with Crippen molar-refractivity contribution in [3.8, 4) is 0 Å².